The molecule has 2 aromatic rings. The number of aromatic carboxylic acids is 1. The van der Waals surface area contributed by atoms with Crippen LogP contribution in [0.2, 0.25) is 0 Å². The highest BCUT2D eigenvalue weighted by molar-refractivity contribution is 7.80. The SMILES string of the molecule is C=CCOC(=O)OC(=S)[C@H](C(=O)Nc1cc(C(=O)O)c2ncccc2c1)[C@@H]1CCNC1. The van der Waals surface area contributed by atoms with E-state index < -0.39 is 23.9 Å². The van der Waals surface area contributed by atoms with Crippen molar-refractivity contribution >= 4 is 51.9 Å². The number of hydrogen-bond acceptors (Lipinski definition) is 8. The number of ether oxygens (including phenoxy) is 2. The molecular formula is C21H21N3O6S. The second kappa shape index (κ2) is 10.1. The highest BCUT2D eigenvalue weighted by Crippen LogP contribution is 2.26. The van der Waals surface area contributed by atoms with E-state index >= 15 is 0 Å². The van der Waals surface area contributed by atoms with Crippen LogP contribution in [0, 0.1) is 11.8 Å². The molecule has 3 rings (SSSR count). The van der Waals surface area contributed by atoms with Gasteiger partial charge < -0.3 is 25.2 Å². The molecule has 0 bridgehead atoms. The number of aromatic nitrogens is 1. The fourth-order valence-electron chi connectivity index (χ4n) is 3.42. The van der Waals surface area contributed by atoms with Crippen LogP contribution in [0.3, 0.4) is 0 Å². The first-order valence-corrected chi connectivity index (χ1v) is 9.94. The Hall–Kier alpha value is -3.37. The predicted molar refractivity (Wildman–Crippen MR) is 117 cm³/mol. The molecule has 2 atom stereocenters. The van der Waals surface area contributed by atoms with Crippen LogP contribution in [0.1, 0.15) is 16.8 Å². The number of rotatable bonds is 7. The van der Waals surface area contributed by atoms with E-state index in [1.54, 1.807) is 18.2 Å². The molecule has 0 aliphatic carbocycles. The van der Waals surface area contributed by atoms with E-state index in [1.165, 1.54) is 18.3 Å². The Morgan fingerprint density at radius 2 is 2.23 bits per heavy atom. The Morgan fingerprint density at radius 1 is 1.42 bits per heavy atom. The molecule has 3 N–H and O–H groups in total. The van der Waals surface area contributed by atoms with E-state index in [0.29, 0.717) is 30.4 Å². The standard InChI is InChI=1S/C21H21N3O6S/c1-2-8-29-21(28)30-20(31)16(13-5-7-22-11-13)18(25)24-14-9-12-4-3-6-23-17(12)15(10-14)19(26)27/h2-4,6,9-10,13,16,22H,1,5,7-8,11H2,(H,24,25)(H,26,27)/t13-,16+/m1/s1. The van der Waals surface area contributed by atoms with Crippen LogP contribution in [0.5, 0.6) is 0 Å². The summed E-state index contributed by atoms with van der Waals surface area (Å²) in [6.07, 6.45) is 2.52. The lowest BCUT2D eigenvalue weighted by atomic mass is 9.91. The van der Waals surface area contributed by atoms with Crippen molar-refractivity contribution in [1.82, 2.24) is 10.3 Å². The first kappa shape index (κ1) is 22.3. The van der Waals surface area contributed by atoms with Gasteiger partial charge in [0.15, 0.2) is 5.05 Å². The summed E-state index contributed by atoms with van der Waals surface area (Å²) in [5, 5.41) is 15.7. The maximum Gasteiger partial charge on any atom is 0.514 e. The Bertz CT molecular complexity index is 1030. The lowest BCUT2D eigenvalue weighted by Gasteiger charge is -2.22. The largest absolute Gasteiger partial charge is 0.514 e. The third-order valence-corrected chi connectivity index (χ3v) is 5.15. The maximum atomic E-state index is 13.1. The zero-order chi connectivity index (χ0) is 22.4. The molecule has 1 aromatic carbocycles. The van der Waals surface area contributed by atoms with Gasteiger partial charge in [-0.3, -0.25) is 9.78 Å². The Balaban J connectivity index is 1.85. The molecule has 1 aromatic heterocycles. The van der Waals surface area contributed by atoms with Gasteiger partial charge in [-0.15, -0.1) is 0 Å². The second-order valence-electron chi connectivity index (χ2n) is 6.89. The number of carbonyl (C=O) groups excluding carboxylic acids is 2. The Labute approximate surface area is 183 Å². The van der Waals surface area contributed by atoms with Crippen molar-refractivity contribution in [3.63, 3.8) is 0 Å². The molecule has 0 unspecified atom stereocenters. The van der Waals surface area contributed by atoms with Gasteiger partial charge >= 0.3 is 12.1 Å². The van der Waals surface area contributed by atoms with Gasteiger partial charge in [-0.1, -0.05) is 18.7 Å². The first-order valence-electron chi connectivity index (χ1n) is 9.53. The molecule has 1 amide bonds. The molecular weight excluding hydrogens is 422 g/mol. The lowest BCUT2D eigenvalue weighted by Crippen LogP contribution is -2.38. The number of benzene rings is 1. The van der Waals surface area contributed by atoms with Gasteiger partial charge in [0.2, 0.25) is 5.91 Å². The average molecular weight is 443 g/mol. The molecule has 31 heavy (non-hydrogen) atoms. The number of carboxylic acid groups (broad SMARTS) is 1. The van der Waals surface area contributed by atoms with Gasteiger partial charge in [0.05, 0.1) is 11.1 Å². The summed E-state index contributed by atoms with van der Waals surface area (Å²) in [5.41, 5.74) is 0.545. The molecule has 0 radical (unpaired) electrons. The molecule has 0 saturated carbocycles. The molecule has 2 heterocycles. The van der Waals surface area contributed by atoms with Crippen molar-refractivity contribution in [2.45, 2.75) is 6.42 Å². The number of thiocarbonyl (C=S) groups is 1. The Morgan fingerprint density at radius 3 is 2.90 bits per heavy atom. The van der Waals surface area contributed by atoms with Gasteiger partial charge in [-0.05, 0) is 55.8 Å². The van der Waals surface area contributed by atoms with Gasteiger partial charge in [0, 0.05) is 17.3 Å². The van der Waals surface area contributed by atoms with E-state index in [9.17, 15) is 19.5 Å². The number of amides is 1. The van der Waals surface area contributed by atoms with Crippen LogP contribution in [0.4, 0.5) is 10.5 Å². The van der Waals surface area contributed by atoms with Crippen LogP contribution in [0.25, 0.3) is 10.9 Å². The van der Waals surface area contributed by atoms with E-state index in [4.69, 9.17) is 21.7 Å². The highest BCUT2D eigenvalue weighted by atomic mass is 32.1. The van der Waals surface area contributed by atoms with Crippen LogP contribution in [0.15, 0.2) is 43.1 Å². The number of carbonyl (C=O) groups is 3. The van der Waals surface area contributed by atoms with Crippen molar-refractivity contribution in [2.75, 3.05) is 25.0 Å². The molecule has 162 valence electrons. The number of hydrogen-bond donors (Lipinski definition) is 3. The highest BCUT2D eigenvalue weighted by Gasteiger charge is 2.36. The number of nitrogens with zero attached hydrogens (tertiary/aromatic N) is 1. The van der Waals surface area contributed by atoms with Gasteiger partial charge in [-0.2, -0.15) is 0 Å². The topological polar surface area (TPSA) is 127 Å². The zero-order valence-electron chi connectivity index (χ0n) is 16.5. The average Bonchev–Trinajstić information content (AvgIpc) is 3.25. The van der Waals surface area contributed by atoms with Gasteiger partial charge in [0.1, 0.15) is 12.5 Å². The summed E-state index contributed by atoms with van der Waals surface area (Å²) < 4.78 is 9.82. The molecule has 1 aliphatic heterocycles. The lowest BCUT2D eigenvalue weighted by molar-refractivity contribution is -0.119. The zero-order valence-corrected chi connectivity index (χ0v) is 17.3. The van der Waals surface area contributed by atoms with Crippen molar-refractivity contribution in [1.29, 1.82) is 0 Å². The first-order chi connectivity index (χ1) is 14.9. The summed E-state index contributed by atoms with van der Waals surface area (Å²) in [6.45, 7) is 4.61. The van der Waals surface area contributed by atoms with Gasteiger partial charge in [0.25, 0.3) is 0 Å². The summed E-state index contributed by atoms with van der Waals surface area (Å²) in [7, 11) is 0. The number of anilines is 1. The minimum atomic E-state index is -1.17. The molecule has 1 fully saturated rings. The molecule has 10 heteroatoms. The summed E-state index contributed by atoms with van der Waals surface area (Å²) in [6, 6.07) is 6.33. The molecule has 1 aliphatic rings. The number of nitrogens with one attached hydrogen (secondary N) is 2. The minimum Gasteiger partial charge on any atom is -0.478 e. The van der Waals surface area contributed by atoms with Crippen LogP contribution >= 0.6 is 12.2 Å². The summed E-state index contributed by atoms with van der Waals surface area (Å²) in [5.74, 6) is -2.78. The van der Waals surface area contributed by atoms with Crippen molar-refractivity contribution < 1.29 is 29.0 Å². The van der Waals surface area contributed by atoms with Crippen LogP contribution in [-0.4, -0.2) is 52.9 Å². The van der Waals surface area contributed by atoms with Gasteiger partial charge in [-0.25, -0.2) is 9.59 Å². The maximum absolute atomic E-state index is 13.1. The van der Waals surface area contributed by atoms with E-state index in [1.807, 2.05) is 0 Å². The van der Waals surface area contributed by atoms with Crippen molar-refractivity contribution in [3.05, 3.63) is 48.7 Å². The van der Waals surface area contributed by atoms with Crippen LogP contribution in [-0.2, 0) is 14.3 Å². The quantitative estimate of drug-likeness (QED) is 0.336. The molecule has 9 nitrogen and oxygen atoms in total. The number of pyridine rings is 1. The fourth-order valence-corrected chi connectivity index (χ4v) is 3.79. The number of fused-ring (bicyclic) bond motifs is 1. The van der Waals surface area contributed by atoms with E-state index in [-0.39, 0.29) is 28.8 Å². The molecule has 0 spiro atoms. The third-order valence-electron chi connectivity index (χ3n) is 4.81. The second-order valence-corrected chi connectivity index (χ2v) is 7.30. The van der Waals surface area contributed by atoms with Crippen molar-refractivity contribution in [3.8, 4) is 0 Å². The van der Waals surface area contributed by atoms with E-state index in [0.717, 1.165) is 0 Å². The predicted octanol–water partition coefficient (Wildman–Crippen LogP) is 2.76. The van der Waals surface area contributed by atoms with E-state index in [2.05, 4.69) is 22.2 Å². The van der Waals surface area contributed by atoms with Crippen molar-refractivity contribution in [2.24, 2.45) is 11.8 Å². The fraction of sp³-hybridized carbons (Fsp3) is 0.286. The Kier molecular flexibility index (Phi) is 7.27. The third kappa shape index (κ3) is 5.41. The monoisotopic (exact) mass is 443 g/mol. The van der Waals surface area contributed by atoms with Crippen LogP contribution < -0.4 is 10.6 Å². The molecule has 1 saturated heterocycles. The smallest absolute Gasteiger partial charge is 0.478 e. The number of carboxylic acids is 1. The minimum absolute atomic E-state index is 0.0423. The summed E-state index contributed by atoms with van der Waals surface area (Å²) in [4.78, 5) is 40.7. The summed E-state index contributed by atoms with van der Waals surface area (Å²) >= 11 is 5.23. The normalized spacial score (nSPS) is 16.3.